The van der Waals surface area contributed by atoms with Crippen molar-refractivity contribution in [2.75, 3.05) is 26.4 Å². The number of carbonyl (C=O) groups excluding carboxylic acids is 4. The molecule has 0 bridgehead atoms. The summed E-state index contributed by atoms with van der Waals surface area (Å²) in [7, 11) is 0. The van der Waals surface area contributed by atoms with Gasteiger partial charge in [0.1, 0.15) is 17.2 Å². The molecule has 0 N–H and O–H groups in total. The Bertz CT molecular complexity index is 1860. The second-order valence-electron chi connectivity index (χ2n) is 11.8. The first-order chi connectivity index (χ1) is 27.1. The number of rotatable bonds is 21. The van der Waals surface area contributed by atoms with Crippen LogP contribution in [0.15, 0.2) is 121 Å². The van der Waals surface area contributed by atoms with Gasteiger partial charge in [0.2, 0.25) is 5.88 Å². The molecule has 4 aromatic rings. The molecule has 290 valence electrons. The van der Waals surface area contributed by atoms with Crippen LogP contribution in [0.25, 0.3) is 0 Å². The molecule has 4 rings (SSSR count). The van der Waals surface area contributed by atoms with E-state index in [-0.39, 0.29) is 11.6 Å². The van der Waals surface area contributed by atoms with Crippen molar-refractivity contribution in [2.24, 2.45) is 10.2 Å². The molecule has 0 spiro atoms. The van der Waals surface area contributed by atoms with E-state index in [4.69, 9.17) is 28.4 Å². The maximum atomic E-state index is 12.7. The molecule has 0 saturated heterocycles. The first kappa shape index (κ1) is 41.8. The lowest BCUT2D eigenvalue weighted by Gasteiger charge is -2.08. The molecule has 0 aliphatic carbocycles. The van der Waals surface area contributed by atoms with Crippen LogP contribution in [0.4, 0.5) is 0 Å². The Morgan fingerprint density at radius 2 is 1.04 bits per heavy atom. The van der Waals surface area contributed by atoms with Crippen molar-refractivity contribution in [2.45, 2.75) is 39.5 Å². The van der Waals surface area contributed by atoms with E-state index in [0.29, 0.717) is 97.4 Å². The number of pyridine rings is 2. The van der Waals surface area contributed by atoms with E-state index in [1.165, 1.54) is 12.4 Å². The summed E-state index contributed by atoms with van der Waals surface area (Å²) in [5.74, 6) is -0.459. The minimum atomic E-state index is -0.574. The van der Waals surface area contributed by atoms with Crippen LogP contribution in [0.5, 0.6) is 23.1 Å². The van der Waals surface area contributed by atoms with E-state index in [1.54, 1.807) is 86.6 Å². The summed E-state index contributed by atoms with van der Waals surface area (Å²) < 4.78 is 32.1. The summed E-state index contributed by atoms with van der Waals surface area (Å²) in [4.78, 5) is 56.0. The first-order valence-electron chi connectivity index (χ1n) is 17.7. The molecule has 0 aliphatic rings. The van der Waals surface area contributed by atoms with Gasteiger partial charge < -0.3 is 28.4 Å². The van der Waals surface area contributed by atoms with Crippen molar-refractivity contribution >= 4 is 35.3 Å². The molecule has 14 heteroatoms. The predicted octanol–water partition coefficient (Wildman–Crippen LogP) is 6.92. The van der Waals surface area contributed by atoms with Crippen molar-refractivity contribution in [1.29, 1.82) is 0 Å². The number of hydrogen-bond donors (Lipinski definition) is 0. The zero-order chi connectivity index (χ0) is 40.1. The lowest BCUT2D eigenvalue weighted by atomic mass is 10.2. The Labute approximate surface area is 324 Å². The number of benzene rings is 2. The zero-order valence-electron chi connectivity index (χ0n) is 31.2. The minimum absolute atomic E-state index is 0.119. The summed E-state index contributed by atoms with van der Waals surface area (Å²) >= 11 is 0. The monoisotopic (exact) mass is 762 g/mol. The van der Waals surface area contributed by atoms with Crippen molar-refractivity contribution < 1.29 is 47.6 Å². The van der Waals surface area contributed by atoms with E-state index in [1.807, 2.05) is 0 Å². The zero-order valence-corrected chi connectivity index (χ0v) is 31.2. The van der Waals surface area contributed by atoms with Gasteiger partial charge in [-0.3, -0.25) is 4.98 Å². The molecule has 2 aromatic carbocycles. The normalized spacial score (nSPS) is 11.2. The fourth-order valence-electron chi connectivity index (χ4n) is 4.51. The standard InChI is InChI=1S/C42H42N4O10/c1-5-39(47)53-25-9-7-23-51-34-16-11-31(12-17-34)41(49)55-36-20-21-37(43-28-36)30(4)46-45-29(3)33-15-22-38(44-27-33)56-42(50)32-13-18-35(19-14-32)52-24-8-10-26-54-40(48)6-2/h5-6,11-22,27-28H,1-2,7-10,23-26H2,3-4H3/b45-29+,46-30+. The SMILES string of the molecule is C=CC(=O)OCCCCOc1ccc(C(=O)Oc2ccc(/C(C)=N/N=C(\C)c3ccc(OC(=O)c4ccc(OCCCCOC(=O)C=C)cc4)nc3)nc2)cc1. The summed E-state index contributed by atoms with van der Waals surface area (Å²) in [6.07, 6.45) is 7.89. The van der Waals surface area contributed by atoms with Crippen LogP contribution in [-0.2, 0) is 19.1 Å². The quantitative estimate of drug-likeness (QED) is 0.0282. The second kappa shape index (κ2) is 22.3. The van der Waals surface area contributed by atoms with Crippen LogP contribution in [0.1, 0.15) is 71.5 Å². The topological polar surface area (TPSA) is 174 Å². The third kappa shape index (κ3) is 14.1. The number of unbranched alkanes of at least 4 members (excludes halogenated alkanes) is 2. The minimum Gasteiger partial charge on any atom is -0.494 e. The Balaban J connectivity index is 1.20. The van der Waals surface area contributed by atoms with Crippen LogP contribution >= 0.6 is 0 Å². The van der Waals surface area contributed by atoms with Crippen molar-refractivity contribution in [3.8, 4) is 23.1 Å². The third-order valence-corrected chi connectivity index (χ3v) is 7.64. The number of esters is 4. The molecule has 0 amide bonds. The van der Waals surface area contributed by atoms with E-state index >= 15 is 0 Å². The highest BCUT2D eigenvalue weighted by molar-refractivity contribution is 6.01. The summed E-state index contributed by atoms with van der Waals surface area (Å²) in [5.41, 5.74) is 2.96. The molecule has 56 heavy (non-hydrogen) atoms. The fraction of sp³-hybridized carbons (Fsp3) is 0.238. The average molecular weight is 763 g/mol. The average Bonchev–Trinajstić information content (AvgIpc) is 3.22. The number of aromatic nitrogens is 2. The van der Waals surface area contributed by atoms with Gasteiger partial charge in [0, 0.05) is 30.0 Å². The lowest BCUT2D eigenvalue weighted by Crippen LogP contribution is -2.10. The predicted molar refractivity (Wildman–Crippen MR) is 207 cm³/mol. The van der Waals surface area contributed by atoms with Gasteiger partial charge in [0.25, 0.3) is 0 Å². The van der Waals surface area contributed by atoms with Crippen LogP contribution in [0.2, 0.25) is 0 Å². The molecule has 0 fully saturated rings. The molecule has 14 nitrogen and oxygen atoms in total. The highest BCUT2D eigenvalue weighted by Gasteiger charge is 2.12. The van der Waals surface area contributed by atoms with Gasteiger partial charge in [-0.1, -0.05) is 13.2 Å². The van der Waals surface area contributed by atoms with Gasteiger partial charge in [0.15, 0.2) is 0 Å². The van der Waals surface area contributed by atoms with Crippen molar-refractivity contribution in [3.63, 3.8) is 0 Å². The van der Waals surface area contributed by atoms with E-state index < -0.39 is 23.9 Å². The smallest absolute Gasteiger partial charge is 0.344 e. The third-order valence-electron chi connectivity index (χ3n) is 7.64. The molecule has 0 aliphatic heterocycles. The highest BCUT2D eigenvalue weighted by atomic mass is 16.5. The summed E-state index contributed by atoms with van der Waals surface area (Å²) in [6.45, 7) is 11.7. The first-order valence-corrected chi connectivity index (χ1v) is 17.7. The van der Waals surface area contributed by atoms with Crippen LogP contribution < -0.4 is 18.9 Å². The Kier molecular flexibility index (Phi) is 16.6. The highest BCUT2D eigenvalue weighted by Crippen LogP contribution is 2.18. The van der Waals surface area contributed by atoms with Gasteiger partial charge in [-0.25, -0.2) is 24.2 Å². The Morgan fingerprint density at radius 1 is 0.554 bits per heavy atom. The van der Waals surface area contributed by atoms with Gasteiger partial charge in [-0.15, -0.1) is 0 Å². The van der Waals surface area contributed by atoms with E-state index in [9.17, 15) is 19.2 Å². The van der Waals surface area contributed by atoms with Gasteiger partial charge in [-0.2, -0.15) is 10.2 Å². The van der Waals surface area contributed by atoms with Crippen LogP contribution in [0.3, 0.4) is 0 Å². The Hall–Kier alpha value is -6.96. The molecule has 2 aromatic heterocycles. The van der Waals surface area contributed by atoms with Gasteiger partial charge in [0.05, 0.1) is 60.9 Å². The lowest BCUT2D eigenvalue weighted by molar-refractivity contribution is -0.138. The van der Waals surface area contributed by atoms with Gasteiger partial charge in [-0.05, 0) is 106 Å². The number of nitrogens with zero attached hydrogens (tertiary/aromatic N) is 4. The molecule has 0 radical (unpaired) electrons. The largest absolute Gasteiger partial charge is 0.494 e. The molecule has 0 unspecified atom stereocenters. The number of ether oxygens (including phenoxy) is 6. The van der Waals surface area contributed by atoms with E-state index in [2.05, 4.69) is 33.3 Å². The fourth-order valence-corrected chi connectivity index (χ4v) is 4.51. The van der Waals surface area contributed by atoms with Gasteiger partial charge >= 0.3 is 23.9 Å². The Morgan fingerprint density at radius 3 is 1.52 bits per heavy atom. The van der Waals surface area contributed by atoms with E-state index in [0.717, 1.165) is 12.2 Å². The summed E-state index contributed by atoms with van der Waals surface area (Å²) in [6, 6.07) is 19.7. The molecule has 0 atom stereocenters. The molecular weight excluding hydrogens is 720 g/mol. The van der Waals surface area contributed by atoms with Crippen molar-refractivity contribution in [3.05, 3.63) is 133 Å². The van der Waals surface area contributed by atoms with Crippen LogP contribution in [-0.4, -0.2) is 71.7 Å². The number of hydrogen-bond acceptors (Lipinski definition) is 14. The van der Waals surface area contributed by atoms with Crippen LogP contribution in [0, 0.1) is 0 Å². The molecule has 0 saturated carbocycles. The number of carbonyl (C=O) groups is 4. The molecular formula is C42H42N4O10. The van der Waals surface area contributed by atoms with Crippen molar-refractivity contribution in [1.82, 2.24) is 9.97 Å². The second-order valence-corrected chi connectivity index (χ2v) is 11.8. The summed E-state index contributed by atoms with van der Waals surface area (Å²) in [5, 5.41) is 8.56. The maximum Gasteiger partial charge on any atom is 0.344 e. The maximum absolute atomic E-state index is 12.7. The molecule has 2 heterocycles.